The maximum atomic E-state index is 13.2. The zero-order chi connectivity index (χ0) is 20.1. The Morgan fingerprint density at radius 3 is 2.48 bits per heavy atom. The van der Waals surface area contributed by atoms with E-state index >= 15 is 0 Å². The van der Waals surface area contributed by atoms with Crippen LogP contribution in [0.1, 0.15) is 28.8 Å². The molecule has 3 aromatic rings. The summed E-state index contributed by atoms with van der Waals surface area (Å²) in [5.74, 6) is -0.0437. The first-order valence-electron chi connectivity index (χ1n) is 9.66. The quantitative estimate of drug-likeness (QED) is 0.688. The van der Waals surface area contributed by atoms with Gasteiger partial charge in [0.25, 0.3) is 5.91 Å². The fourth-order valence-corrected chi connectivity index (χ4v) is 3.85. The summed E-state index contributed by atoms with van der Waals surface area (Å²) in [4.78, 5) is 27.7. The maximum absolute atomic E-state index is 13.2. The molecule has 29 heavy (non-hydrogen) atoms. The molecule has 0 aromatic carbocycles. The second-order valence-electron chi connectivity index (χ2n) is 7.36. The van der Waals surface area contributed by atoms with E-state index in [0.717, 1.165) is 11.1 Å². The number of aromatic nitrogens is 3. The van der Waals surface area contributed by atoms with E-state index in [4.69, 9.17) is 0 Å². The lowest BCUT2D eigenvalue weighted by Gasteiger charge is -2.37. The third kappa shape index (κ3) is 3.99. The van der Waals surface area contributed by atoms with Gasteiger partial charge in [-0.2, -0.15) is 5.26 Å². The summed E-state index contributed by atoms with van der Waals surface area (Å²) in [5.41, 5.74) is 2.70. The van der Waals surface area contributed by atoms with Crippen LogP contribution in [-0.2, 0) is 6.42 Å². The predicted octanol–water partition coefficient (Wildman–Crippen LogP) is 3.53. The molecule has 0 bridgehead atoms. The highest BCUT2D eigenvalue weighted by Gasteiger charge is 2.37. The van der Waals surface area contributed by atoms with Crippen molar-refractivity contribution in [2.24, 2.45) is 5.41 Å². The Morgan fingerprint density at radius 2 is 1.79 bits per heavy atom. The van der Waals surface area contributed by atoms with Crippen LogP contribution in [0.4, 0.5) is 0 Å². The molecule has 0 N–H and O–H groups in total. The van der Waals surface area contributed by atoms with E-state index in [1.807, 2.05) is 41.4 Å². The Bertz CT molecular complexity index is 1020. The topological polar surface area (TPSA) is 82.8 Å². The number of carbonyl (C=O) groups excluding carboxylic acids is 1. The van der Waals surface area contributed by atoms with Gasteiger partial charge in [-0.25, -0.2) is 0 Å². The van der Waals surface area contributed by atoms with Crippen molar-refractivity contribution in [1.82, 2.24) is 19.9 Å². The molecule has 6 nitrogen and oxygen atoms in total. The summed E-state index contributed by atoms with van der Waals surface area (Å²) >= 11 is 0. The first kappa shape index (κ1) is 18.8. The van der Waals surface area contributed by atoms with Crippen molar-refractivity contribution in [3.63, 3.8) is 0 Å². The maximum Gasteiger partial charge on any atom is 0.256 e. The molecule has 144 valence electrons. The number of likely N-dealkylation sites (tertiary alicyclic amines) is 1. The number of carbonyl (C=O) groups is 1. The first-order chi connectivity index (χ1) is 14.2. The molecule has 1 amide bonds. The molecule has 1 aliphatic heterocycles. The first-order valence-corrected chi connectivity index (χ1v) is 9.66. The average molecular weight is 383 g/mol. The number of nitriles is 1. The number of amides is 1. The van der Waals surface area contributed by atoms with Crippen molar-refractivity contribution in [3.05, 3.63) is 78.5 Å². The van der Waals surface area contributed by atoms with Crippen molar-refractivity contribution in [1.29, 1.82) is 5.26 Å². The monoisotopic (exact) mass is 383 g/mol. The number of rotatable bonds is 4. The van der Waals surface area contributed by atoms with Crippen molar-refractivity contribution < 1.29 is 4.79 Å². The highest BCUT2D eigenvalue weighted by Crippen LogP contribution is 2.35. The molecule has 1 saturated heterocycles. The molecule has 0 unspecified atom stereocenters. The average Bonchev–Trinajstić information content (AvgIpc) is 2.80. The van der Waals surface area contributed by atoms with Gasteiger partial charge in [0.15, 0.2) is 0 Å². The van der Waals surface area contributed by atoms with Gasteiger partial charge in [0, 0.05) is 49.6 Å². The third-order valence-electron chi connectivity index (χ3n) is 5.50. The van der Waals surface area contributed by atoms with E-state index in [1.54, 1.807) is 30.9 Å². The second kappa shape index (κ2) is 8.19. The highest BCUT2D eigenvalue weighted by molar-refractivity contribution is 5.99. The van der Waals surface area contributed by atoms with E-state index < -0.39 is 5.41 Å². The normalized spacial score (nSPS) is 15.5. The van der Waals surface area contributed by atoms with Crippen molar-refractivity contribution in [2.45, 2.75) is 19.3 Å². The van der Waals surface area contributed by atoms with E-state index in [9.17, 15) is 10.1 Å². The fraction of sp³-hybridized carbons (Fsp3) is 0.261. The van der Waals surface area contributed by atoms with Crippen molar-refractivity contribution in [3.8, 4) is 17.3 Å². The van der Waals surface area contributed by atoms with Gasteiger partial charge in [0.2, 0.25) is 0 Å². The van der Waals surface area contributed by atoms with Crippen LogP contribution in [0, 0.1) is 16.7 Å². The minimum absolute atomic E-state index is 0.0437. The van der Waals surface area contributed by atoms with Gasteiger partial charge in [-0.15, -0.1) is 0 Å². The lowest BCUT2D eigenvalue weighted by atomic mass is 9.75. The van der Waals surface area contributed by atoms with Crippen LogP contribution >= 0.6 is 0 Å². The summed E-state index contributed by atoms with van der Waals surface area (Å²) in [6.07, 6.45) is 10.6. The van der Waals surface area contributed by atoms with Crippen LogP contribution < -0.4 is 0 Å². The fourth-order valence-electron chi connectivity index (χ4n) is 3.85. The van der Waals surface area contributed by atoms with Crippen LogP contribution in [0.25, 0.3) is 11.3 Å². The van der Waals surface area contributed by atoms with Crippen molar-refractivity contribution in [2.75, 3.05) is 13.1 Å². The standard InChI is InChI=1S/C23H21N5O/c24-17-23(15-18-3-1-9-26-16-18)7-13-28(14-8-23)22(29)20-4-2-10-27-21(20)19-5-11-25-12-6-19/h1-6,9-12,16H,7-8,13-15H2. The van der Waals surface area contributed by atoms with Gasteiger partial charge in [-0.1, -0.05) is 6.07 Å². The SMILES string of the molecule is N#CC1(Cc2cccnc2)CCN(C(=O)c2cccnc2-c2ccncc2)CC1. The molecule has 0 aliphatic carbocycles. The lowest BCUT2D eigenvalue weighted by Crippen LogP contribution is -2.43. The number of nitrogens with zero attached hydrogens (tertiary/aromatic N) is 5. The molecule has 0 spiro atoms. The Labute approximate surface area is 169 Å². The number of pyridine rings is 3. The van der Waals surface area contributed by atoms with Gasteiger partial charge < -0.3 is 4.90 Å². The lowest BCUT2D eigenvalue weighted by molar-refractivity contribution is 0.0647. The van der Waals surface area contributed by atoms with E-state index in [1.165, 1.54) is 0 Å². The van der Waals surface area contributed by atoms with E-state index in [-0.39, 0.29) is 5.91 Å². The molecule has 0 radical (unpaired) electrons. The second-order valence-corrected chi connectivity index (χ2v) is 7.36. The van der Waals surface area contributed by atoms with Gasteiger partial charge in [-0.05, 0) is 55.2 Å². The largest absolute Gasteiger partial charge is 0.338 e. The third-order valence-corrected chi connectivity index (χ3v) is 5.50. The minimum Gasteiger partial charge on any atom is -0.338 e. The summed E-state index contributed by atoms with van der Waals surface area (Å²) in [6.45, 7) is 1.11. The Hall–Kier alpha value is -3.59. The molecule has 0 saturated carbocycles. The summed E-state index contributed by atoms with van der Waals surface area (Å²) in [7, 11) is 0. The van der Waals surface area contributed by atoms with Crippen LogP contribution in [0.15, 0.2) is 67.4 Å². The predicted molar refractivity (Wildman–Crippen MR) is 109 cm³/mol. The van der Waals surface area contributed by atoms with Gasteiger partial charge in [0.05, 0.1) is 22.7 Å². The smallest absolute Gasteiger partial charge is 0.256 e. The Morgan fingerprint density at radius 1 is 1.03 bits per heavy atom. The van der Waals surface area contributed by atoms with Crippen LogP contribution in [-0.4, -0.2) is 38.8 Å². The highest BCUT2D eigenvalue weighted by atomic mass is 16.2. The summed E-state index contributed by atoms with van der Waals surface area (Å²) in [5, 5.41) is 9.85. The van der Waals surface area contributed by atoms with Crippen molar-refractivity contribution >= 4 is 5.91 Å². The van der Waals surface area contributed by atoms with Crippen LogP contribution in [0.3, 0.4) is 0 Å². The molecular weight excluding hydrogens is 362 g/mol. The van der Waals surface area contributed by atoms with Gasteiger partial charge >= 0.3 is 0 Å². The molecule has 0 atom stereocenters. The molecule has 6 heteroatoms. The number of piperidine rings is 1. The van der Waals surface area contributed by atoms with Gasteiger partial charge in [0.1, 0.15) is 0 Å². The minimum atomic E-state index is -0.456. The zero-order valence-corrected chi connectivity index (χ0v) is 16.0. The Balaban J connectivity index is 1.51. The molecular formula is C23H21N5O. The van der Waals surface area contributed by atoms with E-state index in [2.05, 4.69) is 21.0 Å². The van der Waals surface area contributed by atoms with E-state index in [0.29, 0.717) is 43.6 Å². The zero-order valence-electron chi connectivity index (χ0n) is 16.0. The van der Waals surface area contributed by atoms with Crippen LogP contribution in [0.2, 0.25) is 0 Å². The summed E-state index contributed by atoms with van der Waals surface area (Å²) in [6, 6.07) is 13.7. The van der Waals surface area contributed by atoms with Gasteiger partial charge in [-0.3, -0.25) is 19.7 Å². The molecule has 4 heterocycles. The molecule has 1 fully saturated rings. The van der Waals surface area contributed by atoms with Crippen LogP contribution in [0.5, 0.6) is 0 Å². The Kier molecular flexibility index (Phi) is 5.30. The molecule has 3 aromatic heterocycles. The number of hydrogen-bond donors (Lipinski definition) is 0. The summed E-state index contributed by atoms with van der Waals surface area (Å²) < 4.78 is 0. The molecule has 1 aliphatic rings. The number of hydrogen-bond acceptors (Lipinski definition) is 5. The molecule has 4 rings (SSSR count).